The number of anilines is 2. The molecule has 0 aliphatic rings. The number of benzene rings is 2. The van der Waals surface area contributed by atoms with Gasteiger partial charge in [0.05, 0.1) is 11.5 Å². The summed E-state index contributed by atoms with van der Waals surface area (Å²) in [6.07, 6.45) is 2.37. The van der Waals surface area contributed by atoms with Crippen molar-refractivity contribution in [3.8, 4) is 5.75 Å². The Bertz CT molecular complexity index is 1130. The highest BCUT2D eigenvalue weighted by molar-refractivity contribution is 7.92. The van der Waals surface area contributed by atoms with Crippen molar-refractivity contribution in [1.82, 2.24) is 4.98 Å². The Morgan fingerprint density at radius 3 is 2.48 bits per heavy atom. The van der Waals surface area contributed by atoms with Gasteiger partial charge in [-0.25, -0.2) is 13.4 Å². The normalized spacial score (nSPS) is 11.0. The van der Waals surface area contributed by atoms with Crippen LogP contribution in [0, 0.1) is 13.8 Å². The van der Waals surface area contributed by atoms with E-state index in [4.69, 9.17) is 4.74 Å². The van der Waals surface area contributed by atoms with Crippen molar-refractivity contribution < 1.29 is 17.9 Å². The first-order valence-corrected chi connectivity index (χ1v) is 11.4. The van der Waals surface area contributed by atoms with E-state index in [-0.39, 0.29) is 16.6 Å². The lowest BCUT2D eigenvalue weighted by Gasteiger charge is -2.11. The van der Waals surface area contributed by atoms with E-state index < -0.39 is 10.0 Å². The lowest BCUT2D eigenvalue weighted by molar-refractivity contribution is -0.116. The number of rotatable bonds is 9. The molecule has 3 rings (SSSR count). The smallest absolute Gasteiger partial charge is 0.263 e. The molecule has 0 fully saturated rings. The van der Waals surface area contributed by atoms with Crippen molar-refractivity contribution in [3.05, 3.63) is 78.0 Å². The molecule has 162 valence electrons. The van der Waals surface area contributed by atoms with Gasteiger partial charge >= 0.3 is 0 Å². The monoisotopic (exact) mass is 439 g/mol. The van der Waals surface area contributed by atoms with Crippen LogP contribution in [0.2, 0.25) is 0 Å². The van der Waals surface area contributed by atoms with E-state index in [1.807, 2.05) is 32.0 Å². The molecule has 0 aliphatic heterocycles. The highest BCUT2D eigenvalue weighted by atomic mass is 32.2. The fourth-order valence-corrected chi connectivity index (χ4v) is 3.86. The molecule has 0 unspecified atom stereocenters. The zero-order chi connectivity index (χ0) is 22.3. The van der Waals surface area contributed by atoms with Gasteiger partial charge in [0, 0.05) is 18.3 Å². The molecule has 3 aromatic rings. The molecule has 0 aliphatic carbocycles. The van der Waals surface area contributed by atoms with Crippen LogP contribution in [-0.4, -0.2) is 25.9 Å². The fraction of sp³-hybridized carbons (Fsp3) is 0.217. The van der Waals surface area contributed by atoms with Gasteiger partial charge in [-0.2, -0.15) is 0 Å². The molecule has 8 heteroatoms. The lowest BCUT2D eigenvalue weighted by Crippen LogP contribution is -2.15. The number of hydrogen-bond donors (Lipinski definition) is 2. The minimum atomic E-state index is -3.75. The van der Waals surface area contributed by atoms with Crippen LogP contribution in [0.4, 0.5) is 11.5 Å². The SMILES string of the molecule is Cc1cccc(OCCCC(=O)Nc2ccc(S(=O)(=O)Nc3ccccn3)cc2)c1C. The molecule has 0 saturated heterocycles. The van der Waals surface area contributed by atoms with Gasteiger partial charge in [-0.05, 0) is 73.9 Å². The number of nitrogens with one attached hydrogen (secondary N) is 2. The molecule has 0 atom stereocenters. The number of nitrogens with zero attached hydrogens (tertiary/aromatic N) is 1. The van der Waals surface area contributed by atoms with Gasteiger partial charge in [-0.1, -0.05) is 18.2 Å². The summed E-state index contributed by atoms with van der Waals surface area (Å²) in [5.74, 6) is 0.909. The van der Waals surface area contributed by atoms with Crippen LogP contribution >= 0.6 is 0 Å². The Balaban J connectivity index is 1.48. The average molecular weight is 440 g/mol. The second kappa shape index (κ2) is 10.1. The number of amides is 1. The number of hydrogen-bond acceptors (Lipinski definition) is 5. The van der Waals surface area contributed by atoms with Crippen LogP contribution in [0.15, 0.2) is 71.8 Å². The average Bonchev–Trinajstić information content (AvgIpc) is 2.75. The Kier molecular flexibility index (Phi) is 7.25. The molecule has 2 N–H and O–H groups in total. The van der Waals surface area contributed by atoms with Gasteiger partial charge in [0.1, 0.15) is 11.6 Å². The number of carbonyl (C=O) groups is 1. The summed E-state index contributed by atoms with van der Waals surface area (Å²) in [5, 5.41) is 2.77. The first-order valence-electron chi connectivity index (χ1n) is 9.88. The van der Waals surface area contributed by atoms with E-state index in [2.05, 4.69) is 15.0 Å². The van der Waals surface area contributed by atoms with Crippen molar-refractivity contribution >= 4 is 27.4 Å². The number of ether oxygens (including phenoxy) is 1. The molecule has 1 amide bonds. The third-order valence-corrected chi connectivity index (χ3v) is 6.08. The number of sulfonamides is 1. The summed E-state index contributed by atoms with van der Waals surface area (Å²) < 4.78 is 33.0. The van der Waals surface area contributed by atoms with E-state index in [0.29, 0.717) is 25.1 Å². The zero-order valence-electron chi connectivity index (χ0n) is 17.5. The molecular formula is C23H25N3O4S. The van der Waals surface area contributed by atoms with E-state index in [1.54, 1.807) is 30.3 Å². The first kappa shape index (κ1) is 22.3. The maximum Gasteiger partial charge on any atom is 0.263 e. The third kappa shape index (κ3) is 6.29. The van der Waals surface area contributed by atoms with Crippen LogP contribution in [0.3, 0.4) is 0 Å². The Morgan fingerprint density at radius 2 is 1.77 bits per heavy atom. The summed E-state index contributed by atoms with van der Waals surface area (Å²) >= 11 is 0. The lowest BCUT2D eigenvalue weighted by atomic mass is 10.1. The van der Waals surface area contributed by atoms with Crippen molar-refractivity contribution in [2.75, 3.05) is 16.6 Å². The van der Waals surface area contributed by atoms with Crippen LogP contribution < -0.4 is 14.8 Å². The standard InChI is InChI=1S/C23H25N3O4S/c1-17-7-5-8-21(18(17)2)30-16-6-10-23(27)25-19-11-13-20(14-12-19)31(28,29)26-22-9-3-4-15-24-22/h3-5,7-9,11-15H,6,10,16H2,1-2H3,(H,24,26)(H,25,27). The topological polar surface area (TPSA) is 97.4 Å². The zero-order valence-corrected chi connectivity index (χ0v) is 18.3. The summed E-state index contributed by atoms with van der Waals surface area (Å²) in [5.41, 5.74) is 2.78. The maximum atomic E-state index is 12.4. The number of aromatic nitrogens is 1. The van der Waals surface area contributed by atoms with E-state index >= 15 is 0 Å². The summed E-state index contributed by atoms with van der Waals surface area (Å²) in [6.45, 7) is 4.47. The number of aryl methyl sites for hydroxylation is 1. The van der Waals surface area contributed by atoms with Crippen LogP contribution in [0.5, 0.6) is 5.75 Å². The number of carbonyl (C=O) groups excluding carboxylic acids is 1. The van der Waals surface area contributed by atoms with Gasteiger partial charge in [0.25, 0.3) is 10.0 Å². The summed E-state index contributed by atoms with van der Waals surface area (Å²) in [7, 11) is -3.75. The largest absolute Gasteiger partial charge is 0.493 e. The van der Waals surface area contributed by atoms with Gasteiger partial charge < -0.3 is 10.1 Å². The van der Waals surface area contributed by atoms with Gasteiger partial charge in [-0.15, -0.1) is 0 Å². The Labute approximate surface area is 182 Å². The van der Waals surface area contributed by atoms with E-state index in [9.17, 15) is 13.2 Å². The second-order valence-corrected chi connectivity index (χ2v) is 8.73. The van der Waals surface area contributed by atoms with Crippen LogP contribution in [0.1, 0.15) is 24.0 Å². The first-order chi connectivity index (χ1) is 14.8. The van der Waals surface area contributed by atoms with Crippen molar-refractivity contribution in [3.63, 3.8) is 0 Å². The van der Waals surface area contributed by atoms with E-state index in [0.717, 1.165) is 16.9 Å². The van der Waals surface area contributed by atoms with Gasteiger partial charge in [0.2, 0.25) is 5.91 Å². The minimum Gasteiger partial charge on any atom is -0.493 e. The highest BCUT2D eigenvalue weighted by Gasteiger charge is 2.15. The molecule has 1 heterocycles. The molecule has 0 spiro atoms. The molecular weight excluding hydrogens is 414 g/mol. The van der Waals surface area contributed by atoms with Crippen LogP contribution in [0.25, 0.3) is 0 Å². The van der Waals surface area contributed by atoms with E-state index in [1.165, 1.54) is 18.3 Å². The van der Waals surface area contributed by atoms with Gasteiger partial charge in [0.15, 0.2) is 0 Å². The summed E-state index contributed by atoms with van der Waals surface area (Å²) in [4.78, 5) is 16.2. The third-order valence-electron chi connectivity index (χ3n) is 4.71. The van der Waals surface area contributed by atoms with Crippen molar-refractivity contribution in [1.29, 1.82) is 0 Å². The molecule has 2 aromatic carbocycles. The Hall–Kier alpha value is -3.39. The number of pyridine rings is 1. The summed E-state index contributed by atoms with van der Waals surface area (Å²) in [6, 6.07) is 16.8. The highest BCUT2D eigenvalue weighted by Crippen LogP contribution is 2.21. The van der Waals surface area contributed by atoms with Crippen molar-refractivity contribution in [2.24, 2.45) is 0 Å². The molecule has 31 heavy (non-hydrogen) atoms. The van der Waals surface area contributed by atoms with Crippen LogP contribution in [-0.2, 0) is 14.8 Å². The molecule has 7 nitrogen and oxygen atoms in total. The quantitative estimate of drug-likeness (QED) is 0.485. The predicted octanol–water partition coefficient (Wildman–Crippen LogP) is 4.30. The molecule has 0 saturated carbocycles. The molecule has 1 aromatic heterocycles. The maximum absolute atomic E-state index is 12.4. The Morgan fingerprint density at radius 1 is 1.00 bits per heavy atom. The second-order valence-electron chi connectivity index (χ2n) is 7.04. The van der Waals surface area contributed by atoms with Gasteiger partial charge in [-0.3, -0.25) is 9.52 Å². The molecule has 0 radical (unpaired) electrons. The van der Waals surface area contributed by atoms with Crippen molar-refractivity contribution in [2.45, 2.75) is 31.6 Å². The fourth-order valence-electron chi connectivity index (χ4n) is 2.86. The predicted molar refractivity (Wildman–Crippen MR) is 121 cm³/mol. The molecule has 0 bridgehead atoms. The minimum absolute atomic E-state index is 0.0816.